The molecular formula is C36H26N4O4S2. The number of rotatable bonds is 6. The highest BCUT2D eigenvalue weighted by Crippen LogP contribution is 2.28. The van der Waals surface area contributed by atoms with Gasteiger partial charge < -0.3 is 9.47 Å². The smallest absolute Gasteiger partial charge is 0.283 e. The molecule has 0 atom stereocenters. The van der Waals surface area contributed by atoms with Gasteiger partial charge in [0.1, 0.15) is 34.6 Å². The molecule has 0 aliphatic carbocycles. The summed E-state index contributed by atoms with van der Waals surface area (Å²) in [5, 5.41) is 0. The van der Waals surface area contributed by atoms with E-state index in [0.717, 1.165) is 11.1 Å². The number of amides is 2. The van der Waals surface area contributed by atoms with Gasteiger partial charge in [0.05, 0.1) is 14.2 Å². The monoisotopic (exact) mass is 642 g/mol. The third-order valence-corrected chi connectivity index (χ3v) is 8.09. The Bertz CT molecular complexity index is 1820. The minimum atomic E-state index is -0.471. The second-order valence-corrected chi connectivity index (χ2v) is 10.9. The van der Waals surface area contributed by atoms with Crippen molar-refractivity contribution in [2.24, 2.45) is 9.98 Å². The number of methoxy groups -OCH3 is 2. The molecule has 6 rings (SSSR count). The summed E-state index contributed by atoms with van der Waals surface area (Å²) in [7, 11) is 3.17. The standard InChI is InChI=1S/C36H26N4O4S2/c1-43-27-17-13-23(14-18-27)21-29-33(41)39(31(37-29)25-9-5-3-6-10-25)35(45)36(46)40-32(26-11-7-4-8-12-26)38-30(34(40)42)22-24-15-19-28(44-2)20-16-24/h3-22H,1-2H3/b29-21-,30-22+. The fraction of sp³-hybridized carbons (Fsp3) is 0.0556. The molecule has 4 aromatic rings. The van der Waals surface area contributed by atoms with Crippen molar-refractivity contribution in [3.05, 3.63) is 143 Å². The van der Waals surface area contributed by atoms with Crippen LogP contribution in [0.15, 0.2) is 131 Å². The Morgan fingerprint density at radius 2 is 0.913 bits per heavy atom. The van der Waals surface area contributed by atoms with Crippen LogP contribution in [0.4, 0.5) is 0 Å². The number of carbonyl (C=O) groups excluding carboxylic acids is 2. The Morgan fingerprint density at radius 1 is 0.565 bits per heavy atom. The van der Waals surface area contributed by atoms with Crippen LogP contribution in [0.2, 0.25) is 0 Å². The molecule has 2 amide bonds. The predicted octanol–water partition coefficient (Wildman–Crippen LogP) is 6.32. The van der Waals surface area contributed by atoms with Crippen molar-refractivity contribution in [3.63, 3.8) is 0 Å². The predicted molar refractivity (Wildman–Crippen MR) is 187 cm³/mol. The van der Waals surface area contributed by atoms with E-state index < -0.39 is 11.8 Å². The first-order valence-corrected chi connectivity index (χ1v) is 15.0. The summed E-state index contributed by atoms with van der Waals surface area (Å²) in [5.41, 5.74) is 3.14. The lowest BCUT2D eigenvalue weighted by molar-refractivity contribution is -0.121. The largest absolute Gasteiger partial charge is 0.497 e. The number of hydrogen-bond donors (Lipinski definition) is 0. The minimum Gasteiger partial charge on any atom is -0.497 e. The van der Waals surface area contributed by atoms with Crippen LogP contribution in [0.1, 0.15) is 22.3 Å². The lowest BCUT2D eigenvalue weighted by atomic mass is 10.1. The fourth-order valence-corrected chi connectivity index (χ4v) is 5.40. The molecule has 2 heterocycles. The number of aliphatic imine (C=N–C) groups is 2. The molecule has 226 valence electrons. The van der Waals surface area contributed by atoms with Crippen LogP contribution < -0.4 is 9.47 Å². The minimum absolute atomic E-state index is 0.0524. The van der Waals surface area contributed by atoms with Crippen molar-refractivity contribution < 1.29 is 19.1 Å². The first-order valence-electron chi connectivity index (χ1n) is 14.1. The number of carbonyl (C=O) groups is 2. The highest BCUT2D eigenvalue weighted by molar-refractivity contribution is 7.89. The zero-order valence-corrected chi connectivity index (χ0v) is 26.4. The van der Waals surface area contributed by atoms with E-state index in [4.69, 9.17) is 43.9 Å². The molecular weight excluding hydrogens is 617 g/mol. The van der Waals surface area contributed by atoms with Gasteiger partial charge in [0.2, 0.25) is 0 Å². The van der Waals surface area contributed by atoms with Gasteiger partial charge in [-0.2, -0.15) is 0 Å². The van der Waals surface area contributed by atoms with Crippen LogP contribution in [0.3, 0.4) is 0 Å². The van der Waals surface area contributed by atoms with E-state index >= 15 is 0 Å². The van der Waals surface area contributed by atoms with Crippen molar-refractivity contribution in [1.29, 1.82) is 0 Å². The molecule has 2 aliphatic heterocycles. The van der Waals surface area contributed by atoms with Crippen LogP contribution in [-0.4, -0.2) is 57.5 Å². The zero-order chi connectivity index (χ0) is 32.2. The number of nitrogens with zero attached hydrogens (tertiary/aromatic N) is 4. The number of hydrogen-bond acceptors (Lipinski definition) is 8. The second-order valence-electron chi connectivity index (χ2n) is 10.1. The van der Waals surface area contributed by atoms with Gasteiger partial charge in [-0.05, 0) is 47.5 Å². The Labute approximate surface area is 276 Å². The normalized spacial score (nSPS) is 16.1. The fourth-order valence-electron chi connectivity index (χ4n) is 4.88. The third-order valence-electron chi connectivity index (χ3n) is 7.21. The number of benzene rings is 4. The summed E-state index contributed by atoms with van der Waals surface area (Å²) in [6.45, 7) is 0. The number of thiocarbonyl (C=S) groups is 2. The van der Waals surface area contributed by atoms with Gasteiger partial charge >= 0.3 is 0 Å². The molecule has 0 unspecified atom stereocenters. The maximum Gasteiger partial charge on any atom is 0.283 e. The molecule has 10 heteroatoms. The molecule has 0 radical (unpaired) electrons. The molecule has 2 aliphatic rings. The first-order chi connectivity index (χ1) is 22.4. The topological polar surface area (TPSA) is 83.8 Å². The highest BCUT2D eigenvalue weighted by atomic mass is 32.1. The number of ether oxygens (including phenoxy) is 2. The van der Waals surface area contributed by atoms with Gasteiger partial charge in [-0.1, -0.05) is 109 Å². The van der Waals surface area contributed by atoms with Crippen LogP contribution in [0, 0.1) is 0 Å². The average Bonchev–Trinajstić information content (AvgIpc) is 3.60. The van der Waals surface area contributed by atoms with Crippen LogP contribution in [0.25, 0.3) is 12.2 Å². The van der Waals surface area contributed by atoms with Crippen molar-refractivity contribution in [2.45, 2.75) is 0 Å². The first kappa shape index (κ1) is 30.4. The molecule has 0 N–H and O–H groups in total. The van der Waals surface area contributed by atoms with Crippen LogP contribution in [-0.2, 0) is 9.59 Å². The van der Waals surface area contributed by atoms with E-state index in [9.17, 15) is 9.59 Å². The van der Waals surface area contributed by atoms with Gasteiger partial charge in [0.15, 0.2) is 9.98 Å². The van der Waals surface area contributed by atoms with Gasteiger partial charge in [-0.25, -0.2) is 19.8 Å². The van der Waals surface area contributed by atoms with Crippen molar-refractivity contribution in [1.82, 2.24) is 9.80 Å². The maximum absolute atomic E-state index is 14.0. The molecule has 0 aromatic heterocycles. The highest BCUT2D eigenvalue weighted by Gasteiger charge is 2.41. The van der Waals surface area contributed by atoms with E-state index in [2.05, 4.69) is 0 Å². The molecule has 0 bridgehead atoms. The van der Waals surface area contributed by atoms with Gasteiger partial charge in [0.25, 0.3) is 11.8 Å². The van der Waals surface area contributed by atoms with E-state index in [1.54, 1.807) is 50.6 Å². The quantitative estimate of drug-likeness (QED) is 0.181. The van der Waals surface area contributed by atoms with E-state index in [-0.39, 0.29) is 21.4 Å². The van der Waals surface area contributed by atoms with Gasteiger partial charge in [0, 0.05) is 11.1 Å². The summed E-state index contributed by atoms with van der Waals surface area (Å²) in [6.07, 6.45) is 3.34. The molecule has 0 fully saturated rings. The third kappa shape index (κ3) is 6.03. The van der Waals surface area contributed by atoms with E-state index in [1.807, 2.05) is 84.9 Å². The molecule has 0 saturated carbocycles. The SMILES string of the molecule is COc1ccc(/C=C2\N=C(c3ccccc3)N(C(=S)C(=S)N3C(=O)/C(=C\c4ccc(OC)cc4)N=C3c3ccccc3)C2=O)cc1. The maximum atomic E-state index is 14.0. The van der Waals surface area contributed by atoms with Crippen LogP contribution >= 0.6 is 24.4 Å². The Hall–Kier alpha value is -5.58. The Kier molecular flexibility index (Phi) is 8.73. The summed E-state index contributed by atoms with van der Waals surface area (Å²) in [4.78, 5) is 39.8. The molecule has 0 spiro atoms. The lowest BCUT2D eigenvalue weighted by Gasteiger charge is -2.25. The zero-order valence-electron chi connectivity index (χ0n) is 24.8. The molecule has 46 heavy (non-hydrogen) atoms. The Balaban J connectivity index is 1.38. The van der Waals surface area contributed by atoms with E-state index in [0.29, 0.717) is 34.3 Å². The van der Waals surface area contributed by atoms with Gasteiger partial charge in [-0.3, -0.25) is 9.59 Å². The Morgan fingerprint density at radius 3 is 1.24 bits per heavy atom. The van der Waals surface area contributed by atoms with Crippen LogP contribution in [0.5, 0.6) is 11.5 Å². The van der Waals surface area contributed by atoms with Crippen molar-refractivity contribution >= 4 is 70.1 Å². The average molecular weight is 643 g/mol. The van der Waals surface area contributed by atoms with Gasteiger partial charge in [-0.15, -0.1) is 0 Å². The molecule has 4 aromatic carbocycles. The molecule has 0 saturated heterocycles. The number of amidine groups is 2. The summed E-state index contributed by atoms with van der Waals surface area (Å²) >= 11 is 11.8. The lowest BCUT2D eigenvalue weighted by Crippen LogP contribution is -2.49. The van der Waals surface area contributed by atoms with Crippen molar-refractivity contribution in [2.75, 3.05) is 14.2 Å². The van der Waals surface area contributed by atoms with E-state index in [1.165, 1.54) is 9.80 Å². The molecule has 8 nitrogen and oxygen atoms in total. The van der Waals surface area contributed by atoms with Crippen molar-refractivity contribution in [3.8, 4) is 11.5 Å². The summed E-state index contributed by atoms with van der Waals surface area (Å²) in [5.74, 6) is 1.04. The summed E-state index contributed by atoms with van der Waals surface area (Å²) in [6, 6.07) is 32.9. The second kappa shape index (κ2) is 13.2. The summed E-state index contributed by atoms with van der Waals surface area (Å²) < 4.78 is 10.5.